The molecule has 106 valence electrons. The number of phenolic OH excluding ortho intramolecular Hbond substituents is 2. The Labute approximate surface area is 121 Å². The lowest BCUT2D eigenvalue weighted by Gasteiger charge is -2.08. The van der Waals surface area contributed by atoms with Gasteiger partial charge in [0.2, 0.25) is 0 Å². The van der Waals surface area contributed by atoms with Crippen LogP contribution in [0.1, 0.15) is 40.0 Å². The number of carbonyl (C=O) groups excluding carboxylic acids is 1. The van der Waals surface area contributed by atoms with Crippen molar-refractivity contribution in [3.8, 4) is 11.5 Å². The minimum Gasteiger partial charge on any atom is -0.508 e. The van der Waals surface area contributed by atoms with Crippen molar-refractivity contribution in [2.45, 2.75) is 33.1 Å². The summed E-state index contributed by atoms with van der Waals surface area (Å²) < 4.78 is 0. The predicted molar refractivity (Wildman–Crippen MR) is 78.7 cm³/mol. The van der Waals surface area contributed by atoms with Gasteiger partial charge in [0.1, 0.15) is 16.5 Å². The molecular formula is C15H17NO3S. The third-order valence-electron chi connectivity index (χ3n) is 3.00. The van der Waals surface area contributed by atoms with Gasteiger partial charge in [-0.3, -0.25) is 4.79 Å². The van der Waals surface area contributed by atoms with E-state index in [2.05, 4.69) is 4.98 Å². The molecule has 0 radical (unpaired) electrons. The van der Waals surface area contributed by atoms with Crippen molar-refractivity contribution < 1.29 is 15.0 Å². The van der Waals surface area contributed by atoms with Gasteiger partial charge in [-0.1, -0.05) is 13.3 Å². The molecular weight excluding hydrogens is 274 g/mol. The minimum absolute atomic E-state index is 0.0333. The molecule has 1 aromatic carbocycles. The largest absolute Gasteiger partial charge is 0.508 e. The molecule has 0 saturated carbocycles. The molecule has 4 nitrogen and oxygen atoms in total. The van der Waals surface area contributed by atoms with Gasteiger partial charge in [0.15, 0.2) is 5.78 Å². The summed E-state index contributed by atoms with van der Waals surface area (Å²) in [6.07, 6.45) is 1.70. The fourth-order valence-electron chi connectivity index (χ4n) is 2.03. The Morgan fingerprint density at radius 3 is 2.65 bits per heavy atom. The fourth-order valence-corrected chi connectivity index (χ4v) is 2.80. The number of carbonyl (C=O) groups is 1. The van der Waals surface area contributed by atoms with Crippen LogP contribution in [0.15, 0.2) is 17.5 Å². The Morgan fingerprint density at radius 1 is 1.30 bits per heavy atom. The zero-order valence-electron chi connectivity index (χ0n) is 11.5. The number of aryl methyl sites for hydroxylation is 2. The SMILES string of the molecule is CCCc1cc(C(=O)Cc2nc(C)cs2)c(O)cc1O. The summed E-state index contributed by atoms with van der Waals surface area (Å²) >= 11 is 1.43. The number of thiazole rings is 1. The molecule has 2 aromatic rings. The van der Waals surface area contributed by atoms with Crippen LogP contribution in [0.2, 0.25) is 0 Å². The Morgan fingerprint density at radius 2 is 2.05 bits per heavy atom. The lowest BCUT2D eigenvalue weighted by Crippen LogP contribution is -2.05. The highest BCUT2D eigenvalue weighted by Crippen LogP contribution is 2.29. The zero-order chi connectivity index (χ0) is 14.7. The van der Waals surface area contributed by atoms with E-state index in [1.54, 1.807) is 6.07 Å². The molecule has 0 bridgehead atoms. The van der Waals surface area contributed by atoms with Crippen molar-refractivity contribution in [1.29, 1.82) is 0 Å². The number of phenols is 2. The molecule has 0 unspecified atom stereocenters. The number of Topliss-reactive ketones (excluding diaryl/α,β-unsaturated/α-hetero) is 1. The number of aromatic hydroxyl groups is 2. The molecule has 0 aliphatic rings. The van der Waals surface area contributed by atoms with E-state index >= 15 is 0 Å². The third-order valence-corrected chi connectivity index (χ3v) is 3.96. The van der Waals surface area contributed by atoms with Crippen molar-refractivity contribution >= 4 is 17.1 Å². The minimum atomic E-state index is -0.186. The molecule has 1 heterocycles. The maximum atomic E-state index is 12.2. The number of benzene rings is 1. The maximum absolute atomic E-state index is 12.2. The summed E-state index contributed by atoms with van der Waals surface area (Å²) in [5.74, 6) is -0.333. The molecule has 0 aliphatic carbocycles. The van der Waals surface area contributed by atoms with E-state index in [9.17, 15) is 15.0 Å². The summed E-state index contributed by atoms with van der Waals surface area (Å²) in [7, 11) is 0. The van der Waals surface area contributed by atoms with Gasteiger partial charge in [-0.05, 0) is 25.0 Å². The van der Waals surface area contributed by atoms with Gasteiger partial charge in [-0.2, -0.15) is 0 Å². The summed E-state index contributed by atoms with van der Waals surface area (Å²) in [4.78, 5) is 16.5. The highest BCUT2D eigenvalue weighted by molar-refractivity contribution is 7.09. The van der Waals surface area contributed by atoms with E-state index in [1.807, 2.05) is 19.2 Å². The van der Waals surface area contributed by atoms with Crippen LogP contribution in [0.25, 0.3) is 0 Å². The molecule has 0 saturated heterocycles. The number of hydrogen-bond acceptors (Lipinski definition) is 5. The topological polar surface area (TPSA) is 70.4 Å². The van der Waals surface area contributed by atoms with Crippen LogP contribution < -0.4 is 0 Å². The third kappa shape index (κ3) is 3.17. The number of hydrogen-bond donors (Lipinski definition) is 2. The van der Waals surface area contributed by atoms with Gasteiger partial charge in [0, 0.05) is 17.1 Å². The maximum Gasteiger partial charge on any atom is 0.173 e. The standard InChI is InChI=1S/C15H17NO3S/c1-3-4-10-5-11(13(18)6-12(10)17)14(19)7-15-16-9(2)8-20-15/h5-6,8,17-18H,3-4,7H2,1-2H3. The number of nitrogens with zero attached hydrogens (tertiary/aromatic N) is 1. The summed E-state index contributed by atoms with van der Waals surface area (Å²) in [6, 6.07) is 2.82. The van der Waals surface area contributed by atoms with Crippen LogP contribution in [0.3, 0.4) is 0 Å². The van der Waals surface area contributed by atoms with Gasteiger partial charge in [-0.25, -0.2) is 4.98 Å². The average Bonchev–Trinajstić information content (AvgIpc) is 2.78. The molecule has 5 heteroatoms. The van der Waals surface area contributed by atoms with Gasteiger partial charge in [0.05, 0.1) is 12.0 Å². The molecule has 20 heavy (non-hydrogen) atoms. The molecule has 0 aliphatic heterocycles. The highest BCUT2D eigenvalue weighted by Gasteiger charge is 2.16. The Hall–Kier alpha value is -1.88. The predicted octanol–water partition coefficient (Wildman–Crippen LogP) is 3.24. The van der Waals surface area contributed by atoms with Crippen LogP contribution in [0.5, 0.6) is 11.5 Å². The molecule has 0 atom stereocenters. The highest BCUT2D eigenvalue weighted by atomic mass is 32.1. The van der Waals surface area contributed by atoms with Gasteiger partial charge in [-0.15, -0.1) is 11.3 Å². The molecule has 0 spiro atoms. The normalized spacial score (nSPS) is 10.7. The first kappa shape index (κ1) is 14.5. The summed E-state index contributed by atoms with van der Waals surface area (Å²) in [5, 5.41) is 22.2. The first-order valence-electron chi connectivity index (χ1n) is 6.50. The Bertz CT molecular complexity index is 634. The van der Waals surface area contributed by atoms with E-state index in [0.29, 0.717) is 12.0 Å². The van der Waals surface area contributed by atoms with E-state index in [0.717, 1.165) is 17.1 Å². The van der Waals surface area contributed by atoms with E-state index < -0.39 is 0 Å². The average molecular weight is 291 g/mol. The second-order valence-corrected chi connectivity index (χ2v) is 5.67. The summed E-state index contributed by atoms with van der Waals surface area (Å²) in [6.45, 7) is 3.87. The van der Waals surface area contributed by atoms with E-state index in [-0.39, 0.29) is 29.3 Å². The van der Waals surface area contributed by atoms with Crippen LogP contribution in [-0.2, 0) is 12.8 Å². The molecule has 2 rings (SSSR count). The fraction of sp³-hybridized carbons (Fsp3) is 0.333. The van der Waals surface area contributed by atoms with Crippen LogP contribution >= 0.6 is 11.3 Å². The number of ketones is 1. The second-order valence-electron chi connectivity index (χ2n) is 4.73. The monoisotopic (exact) mass is 291 g/mol. The van der Waals surface area contributed by atoms with Crippen molar-refractivity contribution in [2.24, 2.45) is 0 Å². The Balaban J connectivity index is 2.26. The zero-order valence-corrected chi connectivity index (χ0v) is 12.3. The van der Waals surface area contributed by atoms with Crippen molar-refractivity contribution in [3.05, 3.63) is 39.3 Å². The molecule has 2 N–H and O–H groups in total. The molecule has 0 fully saturated rings. The van der Waals surface area contributed by atoms with Crippen LogP contribution in [0, 0.1) is 6.92 Å². The quantitative estimate of drug-likeness (QED) is 0.830. The lowest BCUT2D eigenvalue weighted by molar-refractivity contribution is 0.0990. The van der Waals surface area contributed by atoms with Gasteiger partial charge < -0.3 is 10.2 Å². The van der Waals surface area contributed by atoms with Crippen molar-refractivity contribution in [3.63, 3.8) is 0 Å². The molecule has 0 amide bonds. The van der Waals surface area contributed by atoms with Crippen LogP contribution in [0.4, 0.5) is 0 Å². The van der Waals surface area contributed by atoms with Crippen molar-refractivity contribution in [1.82, 2.24) is 4.98 Å². The lowest BCUT2D eigenvalue weighted by atomic mass is 10.0. The second kappa shape index (κ2) is 6.05. The molecule has 1 aromatic heterocycles. The van der Waals surface area contributed by atoms with Crippen molar-refractivity contribution in [2.75, 3.05) is 0 Å². The van der Waals surface area contributed by atoms with E-state index in [4.69, 9.17) is 0 Å². The number of aromatic nitrogens is 1. The van der Waals surface area contributed by atoms with Gasteiger partial charge >= 0.3 is 0 Å². The number of rotatable bonds is 5. The van der Waals surface area contributed by atoms with Gasteiger partial charge in [0.25, 0.3) is 0 Å². The van der Waals surface area contributed by atoms with E-state index in [1.165, 1.54) is 17.4 Å². The Kier molecular flexibility index (Phi) is 4.39. The smallest absolute Gasteiger partial charge is 0.173 e. The first-order chi connectivity index (χ1) is 9.51. The summed E-state index contributed by atoms with van der Waals surface area (Å²) in [5.41, 5.74) is 1.82. The van der Waals surface area contributed by atoms with Crippen LogP contribution in [-0.4, -0.2) is 21.0 Å². The first-order valence-corrected chi connectivity index (χ1v) is 7.38.